The lowest BCUT2D eigenvalue weighted by atomic mass is 10.3. The summed E-state index contributed by atoms with van der Waals surface area (Å²) in [5.74, 6) is -0.581. The van der Waals surface area contributed by atoms with E-state index in [9.17, 15) is 26.7 Å². The Hall–Kier alpha value is -1.28. The van der Waals surface area contributed by atoms with E-state index in [1.54, 1.807) is 4.72 Å². The fraction of sp³-hybridized carbons (Fsp3) is 0.400. The summed E-state index contributed by atoms with van der Waals surface area (Å²) in [5.41, 5.74) is -2.38. The van der Waals surface area contributed by atoms with Crippen molar-refractivity contribution in [2.45, 2.75) is 29.5 Å². The van der Waals surface area contributed by atoms with E-state index in [4.69, 9.17) is 0 Å². The first-order chi connectivity index (χ1) is 8.18. The molecule has 2 rings (SSSR count). The first-order valence-corrected chi connectivity index (χ1v) is 6.55. The Balaban J connectivity index is 2.33. The Bertz CT molecular complexity index is 564. The van der Waals surface area contributed by atoms with E-state index in [0.29, 0.717) is 0 Å². The highest BCUT2D eigenvalue weighted by Crippen LogP contribution is 2.49. The molecule has 2 N–H and O–H groups in total. The van der Waals surface area contributed by atoms with Crippen LogP contribution in [0.2, 0.25) is 0 Å². The van der Waals surface area contributed by atoms with Crippen LogP contribution in [-0.2, 0) is 10.0 Å². The Morgan fingerprint density at radius 1 is 1.22 bits per heavy atom. The average Bonchev–Trinajstić information content (AvgIpc) is 2.97. The van der Waals surface area contributed by atoms with Gasteiger partial charge in [-0.2, -0.15) is 17.9 Å². The Labute approximate surface area is 101 Å². The zero-order valence-corrected chi connectivity index (χ0v) is 9.85. The van der Waals surface area contributed by atoms with E-state index in [1.165, 1.54) is 12.1 Å². The van der Waals surface area contributed by atoms with Gasteiger partial charge >= 0.3 is 6.18 Å². The molecule has 0 atom stereocenters. The van der Waals surface area contributed by atoms with Crippen molar-refractivity contribution in [1.29, 1.82) is 0 Å². The maximum absolute atomic E-state index is 12.7. The van der Waals surface area contributed by atoms with Crippen LogP contribution >= 0.6 is 0 Å². The third-order valence-electron chi connectivity index (χ3n) is 2.78. The molecule has 0 amide bonds. The van der Waals surface area contributed by atoms with Gasteiger partial charge < -0.3 is 5.11 Å². The summed E-state index contributed by atoms with van der Waals surface area (Å²) in [6.07, 6.45) is -5.21. The second-order valence-corrected chi connectivity index (χ2v) is 5.80. The Morgan fingerprint density at radius 2 is 1.78 bits per heavy atom. The van der Waals surface area contributed by atoms with Gasteiger partial charge in [0.25, 0.3) is 0 Å². The second-order valence-electron chi connectivity index (χ2n) is 4.15. The number of benzene rings is 1. The number of phenolic OH excluding ortho intramolecular Hbond substituents is 1. The number of phenols is 1. The van der Waals surface area contributed by atoms with E-state index >= 15 is 0 Å². The van der Waals surface area contributed by atoms with Crippen LogP contribution in [0.15, 0.2) is 29.2 Å². The molecule has 1 aliphatic carbocycles. The van der Waals surface area contributed by atoms with Crippen molar-refractivity contribution in [3.05, 3.63) is 24.3 Å². The molecular weight excluding hydrogens is 271 g/mol. The number of nitrogens with one attached hydrogen (secondary N) is 1. The van der Waals surface area contributed by atoms with Crippen LogP contribution in [0.5, 0.6) is 5.75 Å². The lowest BCUT2D eigenvalue weighted by Gasteiger charge is -2.20. The van der Waals surface area contributed by atoms with E-state index in [0.717, 1.165) is 12.1 Å². The monoisotopic (exact) mass is 281 g/mol. The summed E-state index contributed by atoms with van der Waals surface area (Å²) in [7, 11) is -4.39. The molecule has 1 aromatic carbocycles. The van der Waals surface area contributed by atoms with Crippen LogP contribution < -0.4 is 4.72 Å². The van der Waals surface area contributed by atoms with Gasteiger partial charge in [-0.05, 0) is 25.0 Å². The fourth-order valence-electron chi connectivity index (χ4n) is 1.56. The first kappa shape index (κ1) is 13.2. The van der Waals surface area contributed by atoms with Gasteiger partial charge in [0.15, 0.2) is 0 Å². The minimum Gasteiger partial charge on any atom is -0.507 e. The summed E-state index contributed by atoms with van der Waals surface area (Å²) >= 11 is 0. The third kappa shape index (κ3) is 2.17. The first-order valence-electron chi connectivity index (χ1n) is 5.07. The molecule has 0 saturated heterocycles. The van der Waals surface area contributed by atoms with Gasteiger partial charge in [-0.25, -0.2) is 8.42 Å². The van der Waals surface area contributed by atoms with Crippen LogP contribution in [0.1, 0.15) is 12.8 Å². The summed E-state index contributed by atoms with van der Waals surface area (Å²) in [6.45, 7) is 0. The summed E-state index contributed by atoms with van der Waals surface area (Å²) in [4.78, 5) is -0.555. The molecule has 1 fully saturated rings. The van der Waals surface area contributed by atoms with Crippen LogP contribution in [0.4, 0.5) is 13.2 Å². The van der Waals surface area contributed by atoms with E-state index in [-0.39, 0.29) is 12.8 Å². The van der Waals surface area contributed by atoms with Crippen molar-refractivity contribution < 1.29 is 26.7 Å². The molecule has 0 unspecified atom stereocenters. The topological polar surface area (TPSA) is 66.4 Å². The van der Waals surface area contributed by atoms with Crippen molar-refractivity contribution in [2.24, 2.45) is 0 Å². The molecule has 100 valence electrons. The number of hydrogen-bond donors (Lipinski definition) is 2. The number of hydrogen-bond acceptors (Lipinski definition) is 3. The lowest BCUT2D eigenvalue weighted by Crippen LogP contribution is -2.47. The highest BCUT2D eigenvalue weighted by molar-refractivity contribution is 7.89. The quantitative estimate of drug-likeness (QED) is 0.887. The van der Waals surface area contributed by atoms with Crippen molar-refractivity contribution in [2.75, 3.05) is 0 Å². The van der Waals surface area contributed by atoms with Crippen LogP contribution in [0, 0.1) is 0 Å². The SMILES string of the molecule is O=S(=O)(NC1(C(F)(F)F)CC1)c1ccccc1O. The Kier molecular flexibility index (Phi) is 2.82. The van der Waals surface area contributed by atoms with E-state index < -0.39 is 32.4 Å². The molecule has 0 aliphatic heterocycles. The predicted molar refractivity (Wildman–Crippen MR) is 56.4 cm³/mol. The maximum atomic E-state index is 12.7. The summed E-state index contributed by atoms with van der Waals surface area (Å²) in [6, 6.07) is 4.85. The molecular formula is C10H10F3NO3S. The molecule has 1 aliphatic rings. The van der Waals surface area contributed by atoms with Gasteiger partial charge in [-0.1, -0.05) is 12.1 Å². The summed E-state index contributed by atoms with van der Waals surface area (Å²) in [5, 5.41) is 9.37. The summed E-state index contributed by atoms with van der Waals surface area (Å²) < 4.78 is 63.2. The zero-order valence-electron chi connectivity index (χ0n) is 9.03. The van der Waals surface area contributed by atoms with Gasteiger partial charge in [-0.3, -0.25) is 0 Å². The predicted octanol–water partition coefficient (Wildman–Crippen LogP) is 1.77. The van der Waals surface area contributed by atoms with Crippen LogP contribution in [-0.4, -0.2) is 25.2 Å². The number of rotatable bonds is 3. The number of halogens is 3. The average molecular weight is 281 g/mol. The number of aromatic hydroxyl groups is 1. The highest BCUT2D eigenvalue weighted by Gasteiger charge is 2.65. The molecule has 1 saturated carbocycles. The normalized spacial score (nSPS) is 18.6. The van der Waals surface area contributed by atoms with Crippen molar-refractivity contribution in [1.82, 2.24) is 4.72 Å². The van der Waals surface area contributed by atoms with Crippen LogP contribution in [0.3, 0.4) is 0 Å². The van der Waals surface area contributed by atoms with Crippen LogP contribution in [0.25, 0.3) is 0 Å². The lowest BCUT2D eigenvalue weighted by molar-refractivity contribution is -0.160. The highest BCUT2D eigenvalue weighted by atomic mass is 32.2. The van der Waals surface area contributed by atoms with Crippen molar-refractivity contribution in [3.8, 4) is 5.75 Å². The van der Waals surface area contributed by atoms with Crippen molar-refractivity contribution in [3.63, 3.8) is 0 Å². The molecule has 8 heteroatoms. The van der Waals surface area contributed by atoms with Gasteiger partial charge in [0.2, 0.25) is 10.0 Å². The van der Waals surface area contributed by atoms with E-state index in [2.05, 4.69) is 0 Å². The van der Waals surface area contributed by atoms with Gasteiger partial charge in [-0.15, -0.1) is 0 Å². The van der Waals surface area contributed by atoms with Gasteiger partial charge in [0.05, 0.1) is 0 Å². The molecule has 18 heavy (non-hydrogen) atoms. The zero-order chi connectivity index (χ0) is 13.6. The number of sulfonamides is 1. The second kappa shape index (κ2) is 3.86. The molecule has 0 radical (unpaired) electrons. The minimum absolute atomic E-state index is 0.288. The molecule has 0 heterocycles. The fourth-order valence-corrected chi connectivity index (χ4v) is 3.11. The molecule has 0 aromatic heterocycles. The largest absolute Gasteiger partial charge is 0.507 e. The smallest absolute Gasteiger partial charge is 0.407 e. The minimum atomic E-state index is -4.63. The number of alkyl halides is 3. The standard InChI is InChI=1S/C10H10F3NO3S/c11-10(12,13)9(5-6-9)14-18(16,17)8-4-2-1-3-7(8)15/h1-4,14-15H,5-6H2. The third-order valence-corrected chi connectivity index (χ3v) is 4.36. The molecule has 0 spiro atoms. The maximum Gasteiger partial charge on any atom is 0.407 e. The number of para-hydroxylation sites is 1. The molecule has 4 nitrogen and oxygen atoms in total. The van der Waals surface area contributed by atoms with E-state index in [1.807, 2.05) is 0 Å². The Morgan fingerprint density at radius 3 is 2.22 bits per heavy atom. The van der Waals surface area contributed by atoms with Crippen molar-refractivity contribution >= 4 is 10.0 Å². The molecule has 1 aromatic rings. The van der Waals surface area contributed by atoms with Gasteiger partial charge in [0.1, 0.15) is 16.2 Å². The van der Waals surface area contributed by atoms with Gasteiger partial charge in [0, 0.05) is 0 Å². The molecule has 0 bridgehead atoms.